The number of anilines is 1. The van der Waals surface area contributed by atoms with E-state index in [9.17, 15) is 9.59 Å². The van der Waals surface area contributed by atoms with Crippen LogP contribution in [0.25, 0.3) is 0 Å². The predicted octanol–water partition coefficient (Wildman–Crippen LogP) is 4.27. The molecular weight excluding hydrogens is 310 g/mol. The second kappa shape index (κ2) is 6.47. The lowest BCUT2D eigenvalue weighted by Gasteiger charge is -2.35. The number of hydrogen-bond acceptors (Lipinski definition) is 2. The van der Waals surface area contributed by atoms with Crippen molar-refractivity contribution in [1.29, 1.82) is 0 Å². The van der Waals surface area contributed by atoms with Crippen LogP contribution in [0.2, 0.25) is 0 Å². The van der Waals surface area contributed by atoms with Crippen molar-refractivity contribution in [2.75, 3.05) is 5.32 Å². The summed E-state index contributed by atoms with van der Waals surface area (Å²) >= 11 is 0. The first-order chi connectivity index (χ1) is 12.2. The molecule has 0 radical (unpaired) electrons. The number of amides is 1. The van der Waals surface area contributed by atoms with E-state index in [1.807, 2.05) is 36.4 Å². The quantitative estimate of drug-likeness (QED) is 0.853. The molecule has 4 rings (SSSR count). The van der Waals surface area contributed by atoms with E-state index < -0.39 is 5.41 Å². The minimum absolute atomic E-state index is 0.0530. The van der Waals surface area contributed by atoms with Gasteiger partial charge in [-0.15, -0.1) is 0 Å². The number of benzene rings is 2. The van der Waals surface area contributed by atoms with Gasteiger partial charge in [-0.25, -0.2) is 0 Å². The molecule has 1 amide bonds. The fourth-order valence-corrected chi connectivity index (χ4v) is 4.59. The minimum atomic E-state index is -0.641. The highest BCUT2D eigenvalue weighted by molar-refractivity contribution is 6.07. The molecule has 0 bridgehead atoms. The summed E-state index contributed by atoms with van der Waals surface area (Å²) in [6.07, 6.45) is 4.70. The highest BCUT2D eigenvalue weighted by Crippen LogP contribution is 2.49. The summed E-state index contributed by atoms with van der Waals surface area (Å²) in [5.41, 5.74) is 2.47. The lowest BCUT2D eigenvalue weighted by atomic mass is 9.64. The van der Waals surface area contributed by atoms with Crippen molar-refractivity contribution in [2.45, 2.75) is 43.9 Å². The maximum atomic E-state index is 13.3. The van der Waals surface area contributed by atoms with E-state index in [2.05, 4.69) is 23.5 Å². The highest BCUT2D eigenvalue weighted by atomic mass is 16.2. The Hall–Kier alpha value is -2.42. The van der Waals surface area contributed by atoms with Crippen LogP contribution in [0.4, 0.5) is 5.69 Å². The zero-order chi connectivity index (χ0) is 17.3. The average molecular weight is 333 g/mol. The molecule has 2 aromatic carbocycles. The Labute approximate surface area is 148 Å². The Balaban J connectivity index is 1.83. The van der Waals surface area contributed by atoms with Crippen LogP contribution < -0.4 is 5.32 Å². The summed E-state index contributed by atoms with van der Waals surface area (Å²) in [5.74, 6) is 0.413. The Morgan fingerprint density at radius 2 is 1.72 bits per heavy atom. The van der Waals surface area contributed by atoms with Crippen LogP contribution in [0.5, 0.6) is 0 Å². The van der Waals surface area contributed by atoms with Gasteiger partial charge in [0.25, 0.3) is 0 Å². The molecule has 25 heavy (non-hydrogen) atoms. The number of nitrogens with one attached hydrogen (secondary N) is 1. The molecular formula is C22H23NO2. The Morgan fingerprint density at radius 1 is 0.960 bits per heavy atom. The first-order valence-electron chi connectivity index (χ1n) is 9.17. The largest absolute Gasteiger partial charge is 0.325 e. The molecule has 1 aliphatic heterocycles. The van der Waals surface area contributed by atoms with Crippen LogP contribution in [-0.2, 0) is 21.4 Å². The molecule has 0 spiro atoms. The molecule has 2 atom stereocenters. The van der Waals surface area contributed by atoms with Gasteiger partial charge in [0.1, 0.15) is 5.78 Å². The molecule has 1 N–H and O–H groups in total. The fraction of sp³-hybridized carbons (Fsp3) is 0.364. The minimum Gasteiger partial charge on any atom is -0.325 e. The normalized spacial score (nSPS) is 26.0. The van der Waals surface area contributed by atoms with Gasteiger partial charge in [0.15, 0.2) is 0 Å². The molecule has 2 aliphatic rings. The molecule has 3 nitrogen and oxygen atoms in total. The zero-order valence-corrected chi connectivity index (χ0v) is 14.3. The van der Waals surface area contributed by atoms with E-state index in [1.54, 1.807) is 0 Å². The smallest absolute Gasteiger partial charge is 0.235 e. The molecule has 2 aromatic rings. The number of Topliss-reactive ketones (excluding diaryl/α,β-unsaturated/α-hetero) is 1. The molecule has 1 fully saturated rings. The van der Waals surface area contributed by atoms with Gasteiger partial charge in [0.2, 0.25) is 5.91 Å². The fourth-order valence-electron chi connectivity index (χ4n) is 4.59. The first kappa shape index (κ1) is 16.1. The first-order valence-corrected chi connectivity index (χ1v) is 9.17. The van der Waals surface area contributed by atoms with Crippen LogP contribution in [0.3, 0.4) is 0 Å². The van der Waals surface area contributed by atoms with Crippen molar-refractivity contribution in [3.05, 3.63) is 65.7 Å². The summed E-state index contributed by atoms with van der Waals surface area (Å²) in [5, 5.41) is 3.09. The third kappa shape index (κ3) is 2.78. The van der Waals surface area contributed by atoms with Crippen LogP contribution in [0.1, 0.15) is 43.2 Å². The van der Waals surface area contributed by atoms with E-state index >= 15 is 0 Å². The number of rotatable bonds is 3. The van der Waals surface area contributed by atoms with Gasteiger partial charge in [0.05, 0.1) is 5.41 Å². The lowest BCUT2D eigenvalue weighted by molar-refractivity contribution is -0.124. The van der Waals surface area contributed by atoms with Gasteiger partial charge < -0.3 is 5.32 Å². The van der Waals surface area contributed by atoms with E-state index in [1.165, 1.54) is 0 Å². The van der Waals surface area contributed by atoms with Crippen molar-refractivity contribution in [2.24, 2.45) is 5.92 Å². The molecule has 1 aliphatic carbocycles. The molecule has 128 valence electrons. The summed E-state index contributed by atoms with van der Waals surface area (Å²) in [6, 6.07) is 18.2. The van der Waals surface area contributed by atoms with E-state index in [-0.39, 0.29) is 11.8 Å². The van der Waals surface area contributed by atoms with Gasteiger partial charge in [-0.1, -0.05) is 55.0 Å². The molecule has 1 heterocycles. The van der Waals surface area contributed by atoms with Gasteiger partial charge in [-0.2, -0.15) is 0 Å². The maximum absolute atomic E-state index is 13.3. The standard InChI is InChI=1S/C22H23NO2/c24-18-11-5-4-10-17(14-18)22(15-16-8-2-1-3-9-16)19-12-6-7-13-20(19)23-21(22)25/h1-3,6-9,12-13,17H,4-5,10-11,14-15H2,(H,23,25)/t17-,22+/m1/s1. The van der Waals surface area contributed by atoms with Crippen molar-refractivity contribution in [3.8, 4) is 0 Å². The third-order valence-corrected chi connectivity index (χ3v) is 5.82. The van der Waals surface area contributed by atoms with Gasteiger partial charge >= 0.3 is 0 Å². The monoisotopic (exact) mass is 333 g/mol. The number of para-hydroxylation sites is 1. The number of carbonyl (C=O) groups excluding carboxylic acids is 2. The zero-order valence-electron chi connectivity index (χ0n) is 14.3. The second-order valence-corrected chi connectivity index (χ2v) is 7.32. The second-order valence-electron chi connectivity index (χ2n) is 7.32. The van der Waals surface area contributed by atoms with E-state index in [4.69, 9.17) is 0 Å². The van der Waals surface area contributed by atoms with Gasteiger partial charge in [0, 0.05) is 18.5 Å². The van der Waals surface area contributed by atoms with Crippen LogP contribution in [-0.4, -0.2) is 11.7 Å². The summed E-state index contributed by atoms with van der Waals surface area (Å²) in [6.45, 7) is 0. The Bertz CT molecular complexity index is 799. The molecule has 0 unspecified atom stereocenters. The molecule has 0 aromatic heterocycles. The third-order valence-electron chi connectivity index (χ3n) is 5.82. The van der Waals surface area contributed by atoms with Crippen LogP contribution in [0, 0.1) is 5.92 Å². The van der Waals surface area contributed by atoms with Crippen molar-refractivity contribution >= 4 is 17.4 Å². The van der Waals surface area contributed by atoms with Crippen LogP contribution >= 0.6 is 0 Å². The van der Waals surface area contributed by atoms with Crippen LogP contribution in [0.15, 0.2) is 54.6 Å². The van der Waals surface area contributed by atoms with Gasteiger partial charge in [-0.05, 0) is 42.4 Å². The van der Waals surface area contributed by atoms with E-state index in [0.29, 0.717) is 25.0 Å². The SMILES string of the molecule is O=C1CCCC[C@@H]([C@]2(Cc3ccccc3)C(=O)Nc3ccccc32)C1. The number of carbonyl (C=O) groups is 2. The summed E-state index contributed by atoms with van der Waals surface area (Å²) < 4.78 is 0. The topological polar surface area (TPSA) is 46.2 Å². The number of fused-ring (bicyclic) bond motifs is 1. The molecule has 3 heteroatoms. The van der Waals surface area contributed by atoms with Crippen molar-refractivity contribution in [1.82, 2.24) is 0 Å². The molecule has 1 saturated carbocycles. The van der Waals surface area contributed by atoms with Crippen molar-refractivity contribution < 1.29 is 9.59 Å². The van der Waals surface area contributed by atoms with Gasteiger partial charge in [-0.3, -0.25) is 9.59 Å². The van der Waals surface area contributed by atoms with E-state index in [0.717, 1.165) is 36.1 Å². The number of hydrogen-bond donors (Lipinski definition) is 1. The van der Waals surface area contributed by atoms with Crippen molar-refractivity contribution in [3.63, 3.8) is 0 Å². The average Bonchev–Trinajstić information content (AvgIpc) is 2.76. The maximum Gasteiger partial charge on any atom is 0.235 e. The molecule has 0 saturated heterocycles. The summed E-state index contributed by atoms with van der Waals surface area (Å²) in [7, 11) is 0. The summed E-state index contributed by atoms with van der Waals surface area (Å²) in [4.78, 5) is 25.6. The predicted molar refractivity (Wildman–Crippen MR) is 98.5 cm³/mol. The highest BCUT2D eigenvalue weighted by Gasteiger charge is 2.52. The Morgan fingerprint density at radius 3 is 2.56 bits per heavy atom. The Kier molecular flexibility index (Phi) is 4.16. The number of ketones is 1. The lowest BCUT2D eigenvalue weighted by Crippen LogP contribution is -2.44.